The van der Waals surface area contributed by atoms with E-state index in [0.29, 0.717) is 11.5 Å². The Kier molecular flexibility index (Phi) is 8.19. The number of esters is 1. The fourth-order valence-electron chi connectivity index (χ4n) is 2.40. The Hall–Kier alpha value is -2.67. The van der Waals surface area contributed by atoms with Gasteiger partial charge in [-0.25, -0.2) is 0 Å². The van der Waals surface area contributed by atoms with Crippen molar-refractivity contribution >= 4 is 23.6 Å². The molecular weight excluding hydrogens is 378 g/mol. The molecular formula is C21H25NO5S. The van der Waals surface area contributed by atoms with Crippen molar-refractivity contribution in [2.24, 2.45) is 0 Å². The topological polar surface area (TPSA) is 73.9 Å². The summed E-state index contributed by atoms with van der Waals surface area (Å²) in [4.78, 5) is 25.5. The molecule has 0 aromatic heterocycles. The van der Waals surface area contributed by atoms with Gasteiger partial charge in [0.25, 0.3) is 5.91 Å². The minimum absolute atomic E-state index is 0.287. The molecule has 0 fully saturated rings. The fraction of sp³-hybridized carbons (Fsp3) is 0.333. The molecule has 0 saturated carbocycles. The normalized spacial score (nSPS) is 12.6. The van der Waals surface area contributed by atoms with Crippen molar-refractivity contribution in [3.8, 4) is 11.5 Å². The Morgan fingerprint density at radius 3 is 2.32 bits per heavy atom. The van der Waals surface area contributed by atoms with Crippen molar-refractivity contribution in [1.82, 2.24) is 5.32 Å². The largest absolute Gasteiger partial charge is 0.493 e. The molecule has 0 radical (unpaired) electrons. The van der Waals surface area contributed by atoms with Crippen molar-refractivity contribution in [2.75, 3.05) is 14.2 Å². The first kappa shape index (κ1) is 21.6. The average Bonchev–Trinajstić information content (AvgIpc) is 2.72. The molecule has 0 aliphatic heterocycles. The van der Waals surface area contributed by atoms with Crippen LogP contribution >= 0.6 is 11.8 Å². The van der Waals surface area contributed by atoms with Crippen LogP contribution in [-0.4, -0.2) is 37.4 Å². The van der Waals surface area contributed by atoms with E-state index >= 15 is 0 Å². The van der Waals surface area contributed by atoms with Crippen LogP contribution in [0.1, 0.15) is 19.4 Å². The molecule has 0 heterocycles. The minimum atomic E-state index is -0.883. The van der Waals surface area contributed by atoms with Crippen LogP contribution in [0.15, 0.2) is 53.4 Å². The minimum Gasteiger partial charge on any atom is -0.493 e. The molecule has 2 aromatic rings. The summed E-state index contributed by atoms with van der Waals surface area (Å²) in [6.07, 6.45) is -0.883. The standard InChI is InChI=1S/C21H25NO5S/c1-14(27-21(24)15(2)28-17-8-6-5-7-9-17)20(23)22-13-16-10-11-18(25-3)19(12-16)26-4/h5-12,14-15H,13H2,1-4H3,(H,22,23)/t14-,15-/m1/s1. The molecule has 0 unspecified atom stereocenters. The van der Waals surface area contributed by atoms with Gasteiger partial charge in [0, 0.05) is 11.4 Å². The van der Waals surface area contributed by atoms with Gasteiger partial charge in [0.1, 0.15) is 5.25 Å². The second-order valence-corrected chi connectivity index (χ2v) is 7.47. The number of thioether (sulfide) groups is 1. The van der Waals surface area contributed by atoms with Crippen LogP contribution < -0.4 is 14.8 Å². The lowest BCUT2D eigenvalue weighted by Gasteiger charge is -2.17. The number of methoxy groups -OCH3 is 2. The summed E-state index contributed by atoms with van der Waals surface area (Å²) in [5.74, 6) is 0.410. The highest BCUT2D eigenvalue weighted by Gasteiger charge is 2.22. The van der Waals surface area contributed by atoms with Crippen LogP contribution in [-0.2, 0) is 20.9 Å². The molecule has 7 heteroatoms. The number of nitrogens with one attached hydrogen (secondary N) is 1. The molecule has 2 rings (SSSR count). The second-order valence-electron chi connectivity index (χ2n) is 6.06. The van der Waals surface area contributed by atoms with E-state index in [9.17, 15) is 9.59 Å². The number of ether oxygens (including phenoxy) is 3. The van der Waals surface area contributed by atoms with Crippen LogP contribution in [0.25, 0.3) is 0 Å². The molecule has 150 valence electrons. The van der Waals surface area contributed by atoms with Crippen molar-refractivity contribution in [3.63, 3.8) is 0 Å². The van der Waals surface area contributed by atoms with E-state index in [1.54, 1.807) is 40.2 Å². The molecule has 2 atom stereocenters. The van der Waals surface area contributed by atoms with Gasteiger partial charge in [0.2, 0.25) is 0 Å². The molecule has 0 bridgehead atoms. The van der Waals surface area contributed by atoms with E-state index in [0.717, 1.165) is 10.5 Å². The lowest BCUT2D eigenvalue weighted by Crippen LogP contribution is -2.36. The molecule has 1 N–H and O–H groups in total. The molecule has 6 nitrogen and oxygen atoms in total. The number of carbonyl (C=O) groups is 2. The van der Waals surface area contributed by atoms with Gasteiger partial charge in [-0.3, -0.25) is 9.59 Å². The van der Waals surface area contributed by atoms with Crippen LogP contribution in [0.5, 0.6) is 11.5 Å². The first-order valence-electron chi connectivity index (χ1n) is 8.85. The number of rotatable bonds is 9. The van der Waals surface area contributed by atoms with Crippen LogP contribution in [0.2, 0.25) is 0 Å². The molecule has 0 aliphatic rings. The summed E-state index contributed by atoms with van der Waals surface area (Å²) in [5.41, 5.74) is 0.845. The Labute approximate surface area is 169 Å². The van der Waals surface area contributed by atoms with Gasteiger partial charge >= 0.3 is 5.97 Å². The molecule has 0 aliphatic carbocycles. The zero-order chi connectivity index (χ0) is 20.5. The lowest BCUT2D eigenvalue weighted by molar-refractivity contribution is -0.154. The van der Waals surface area contributed by atoms with E-state index in [-0.39, 0.29) is 12.5 Å². The number of carbonyl (C=O) groups excluding carboxylic acids is 2. The monoisotopic (exact) mass is 403 g/mol. The number of amides is 1. The Morgan fingerprint density at radius 2 is 1.68 bits per heavy atom. The average molecular weight is 404 g/mol. The first-order chi connectivity index (χ1) is 13.4. The lowest BCUT2D eigenvalue weighted by atomic mass is 10.2. The molecule has 2 aromatic carbocycles. The van der Waals surface area contributed by atoms with E-state index < -0.39 is 17.3 Å². The van der Waals surface area contributed by atoms with Crippen molar-refractivity contribution in [3.05, 3.63) is 54.1 Å². The van der Waals surface area contributed by atoms with Gasteiger partial charge in [-0.05, 0) is 43.7 Å². The van der Waals surface area contributed by atoms with E-state index in [1.165, 1.54) is 11.8 Å². The number of hydrogen-bond donors (Lipinski definition) is 1. The zero-order valence-electron chi connectivity index (χ0n) is 16.4. The molecule has 28 heavy (non-hydrogen) atoms. The second kappa shape index (κ2) is 10.6. The Morgan fingerprint density at radius 1 is 1.00 bits per heavy atom. The van der Waals surface area contributed by atoms with Crippen molar-refractivity contribution < 1.29 is 23.8 Å². The van der Waals surface area contributed by atoms with Crippen LogP contribution in [0.3, 0.4) is 0 Å². The Bertz CT molecular complexity index is 797. The third kappa shape index (κ3) is 6.20. The first-order valence-corrected chi connectivity index (χ1v) is 9.73. The van der Waals surface area contributed by atoms with Gasteiger partial charge < -0.3 is 19.5 Å². The third-order valence-electron chi connectivity index (χ3n) is 3.96. The third-order valence-corrected chi connectivity index (χ3v) is 5.06. The predicted octanol–water partition coefficient (Wildman–Crippen LogP) is 3.43. The van der Waals surface area contributed by atoms with Gasteiger partial charge in [-0.2, -0.15) is 0 Å². The predicted molar refractivity (Wildman–Crippen MR) is 109 cm³/mol. The smallest absolute Gasteiger partial charge is 0.319 e. The molecule has 0 spiro atoms. The fourth-order valence-corrected chi connectivity index (χ4v) is 3.27. The maximum atomic E-state index is 12.3. The molecule has 0 saturated heterocycles. The summed E-state index contributed by atoms with van der Waals surface area (Å²) < 4.78 is 15.7. The van der Waals surface area contributed by atoms with E-state index in [4.69, 9.17) is 14.2 Å². The highest BCUT2D eigenvalue weighted by Crippen LogP contribution is 2.27. The zero-order valence-corrected chi connectivity index (χ0v) is 17.2. The highest BCUT2D eigenvalue weighted by molar-refractivity contribution is 8.00. The van der Waals surface area contributed by atoms with Gasteiger partial charge in [0.05, 0.1) is 14.2 Å². The summed E-state index contributed by atoms with van der Waals surface area (Å²) in [7, 11) is 3.11. The number of benzene rings is 2. The Balaban J connectivity index is 1.84. The van der Waals surface area contributed by atoms with Gasteiger partial charge in [0.15, 0.2) is 17.6 Å². The van der Waals surface area contributed by atoms with Gasteiger partial charge in [-0.15, -0.1) is 11.8 Å². The van der Waals surface area contributed by atoms with E-state index in [1.807, 2.05) is 36.4 Å². The summed E-state index contributed by atoms with van der Waals surface area (Å²) in [6, 6.07) is 15.0. The van der Waals surface area contributed by atoms with E-state index in [2.05, 4.69) is 5.32 Å². The van der Waals surface area contributed by atoms with Crippen molar-refractivity contribution in [1.29, 1.82) is 0 Å². The van der Waals surface area contributed by atoms with Gasteiger partial charge in [-0.1, -0.05) is 24.3 Å². The maximum Gasteiger partial charge on any atom is 0.319 e. The van der Waals surface area contributed by atoms with Crippen LogP contribution in [0, 0.1) is 0 Å². The summed E-state index contributed by atoms with van der Waals surface area (Å²) in [5, 5.41) is 2.35. The van der Waals surface area contributed by atoms with Crippen molar-refractivity contribution in [2.45, 2.75) is 36.6 Å². The SMILES string of the molecule is COc1ccc(CNC(=O)[C@@H](C)OC(=O)[C@@H](C)Sc2ccccc2)cc1OC. The summed E-state index contributed by atoms with van der Waals surface area (Å²) >= 11 is 1.39. The quantitative estimate of drug-likeness (QED) is 0.511. The van der Waals surface area contributed by atoms with Crippen LogP contribution in [0.4, 0.5) is 0 Å². The maximum absolute atomic E-state index is 12.3. The summed E-state index contributed by atoms with van der Waals surface area (Å²) in [6.45, 7) is 3.60. The highest BCUT2D eigenvalue weighted by atomic mass is 32.2. The number of hydrogen-bond acceptors (Lipinski definition) is 6. The molecule has 1 amide bonds.